The summed E-state index contributed by atoms with van der Waals surface area (Å²) >= 11 is 0. The molecule has 0 fully saturated rings. The van der Waals surface area contributed by atoms with Crippen molar-refractivity contribution in [3.05, 3.63) is 29.3 Å². The highest BCUT2D eigenvalue weighted by Gasteiger charge is 2.04. The number of rotatable bonds is 6. The minimum atomic E-state index is -0.135. The van der Waals surface area contributed by atoms with Gasteiger partial charge in [0.15, 0.2) is 0 Å². The van der Waals surface area contributed by atoms with Gasteiger partial charge in [-0.05, 0) is 37.7 Å². The van der Waals surface area contributed by atoms with E-state index in [1.54, 1.807) is 7.11 Å². The van der Waals surface area contributed by atoms with Gasteiger partial charge >= 0.3 is 0 Å². The zero-order chi connectivity index (χ0) is 14.1. The van der Waals surface area contributed by atoms with Gasteiger partial charge in [-0.15, -0.1) is 0 Å². The summed E-state index contributed by atoms with van der Waals surface area (Å²) < 4.78 is 5.27. The summed E-state index contributed by atoms with van der Waals surface area (Å²) in [5.41, 5.74) is 2.04. The van der Waals surface area contributed by atoms with Crippen LogP contribution < -0.4 is 4.74 Å². The van der Waals surface area contributed by atoms with Crippen molar-refractivity contribution >= 4 is 0 Å². The highest BCUT2D eigenvalue weighted by atomic mass is 16.5. The Bertz CT molecular complexity index is 446. The number of hydrogen-bond acceptors (Lipinski definition) is 3. The maximum absolute atomic E-state index is 8.78. The lowest BCUT2D eigenvalue weighted by Crippen LogP contribution is -2.18. The summed E-state index contributed by atoms with van der Waals surface area (Å²) in [6, 6.07) is 6.03. The van der Waals surface area contributed by atoms with Gasteiger partial charge in [0.1, 0.15) is 12.4 Å². The van der Waals surface area contributed by atoms with Gasteiger partial charge in [-0.1, -0.05) is 31.3 Å². The molecule has 0 spiro atoms. The van der Waals surface area contributed by atoms with Crippen LogP contribution in [0, 0.1) is 11.8 Å². The Hall–Kier alpha value is -1.50. The fraction of sp³-hybridized carbons (Fsp3) is 0.500. The SMILES string of the molecule is CCCCN(C)Cc1ccc(OC)c(C#CCO)c1. The second-order valence-electron chi connectivity index (χ2n) is 4.59. The first-order valence-electron chi connectivity index (χ1n) is 6.66. The molecule has 3 nitrogen and oxygen atoms in total. The predicted octanol–water partition coefficient (Wildman–Crippen LogP) is 2.27. The Kier molecular flexibility index (Phi) is 7.02. The van der Waals surface area contributed by atoms with Crippen LogP contribution in [0.5, 0.6) is 5.75 Å². The topological polar surface area (TPSA) is 32.7 Å². The van der Waals surface area contributed by atoms with Gasteiger partial charge in [-0.25, -0.2) is 0 Å². The molecule has 1 aromatic rings. The second-order valence-corrected chi connectivity index (χ2v) is 4.59. The van der Waals surface area contributed by atoms with Crippen molar-refractivity contribution in [2.45, 2.75) is 26.3 Å². The summed E-state index contributed by atoms with van der Waals surface area (Å²) in [4.78, 5) is 2.30. The molecule has 0 amide bonds. The van der Waals surface area contributed by atoms with E-state index >= 15 is 0 Å². The summed E-state index contributed by atoms with van der Waals surface area (Å²) in [6.45, 7) is 4.06. The molecule has 0 bridgehead atoms. The number of methoxy groups -OCH3 is 1. The van der Waals surface area contributed by atoms with Gasteiger partial charge in [0.25, 0.3) is 0 Å². The van der Waals surface area contributed by atoms with Crippen LogP contribution in [0.3, 0.4) is 0 Å². The minimum absolute atomic E-state index is 0.135. The van der Waals surface area contributed by atoms with Crippen molar-refractivity contribution in [1.29, 1.82) is 0 Å². The molecule has 1 N–H and O–H groups in total. The summed E-state index contributed by atoms with van der Waals surface area (Å²) in [5.74, 6) is 6.34. The number of benzene rings is 1. The highest BCUT2D eigenvalue weighted by Crippen LogP contribution is 2.19. The molecule has 0 aliphatic carbocycles. The van der Waals surface area contributed by atoms with Gasteiger partial charge in [-0.3, -0.25) is 0 Å². The van der Waals surface area contributed by atoms with E-state index in [-0.39, 0.29) is 6.61 Å². The normalized spacial score (nSPS) is 10.2. The van der Waals surface area contributed by atoms with Crippen LogP contribution in [0.25, 0.3) is 0 Å². The lowest BCUT2D eigenvalue weighted by molar-refractivity contribution is 0.320. The van der Waals surface area contributed by atoms with E-state index in [4.69, 9.17) is 9.84 Å². The number of hydrogen-bond donors (Lipinski definition) is 1. The Morgan fingerprint density at radius 3 is 2.79 bits per heavy atom. The van der Waals surface area contributed by atoms with Crippen LogP contribution in [-0.2, 0) is 6.54 Å². The molecule has 0 aliphatic heterocycles. The quantitative estimate of drug-likeness (QED) is 0.797. The molecular weight excluding hydrogens is 238 g/mol. The van der Waals surface area contributed by atoms with Gasteiger partial charge in [0.05, 0.1) is 12.7 Å². The molecule has 104 valence electrons. The van der Waals surface area contributed by atoms with Crippen LogP contribution in [0.2, 0.25) is 0 Å². The lowest BCUT2D eigenvalue weighted by atomic mass is 10.1. The Labute approximate surface area is 116 Å². The standard InChI is InChI=1S/C16H23NO2/c1-4-5-10-17(2)13-14-8-9-16(19-3)15(12-14)7-6-11-18/h8-9,12,18H,4-5,10-11,13H2,1-3H3. The molecule has 0 saturated carbocycles. The third-order valence-electron chi connectivity index (χ3n) is 2.91. The maximum Gasteiger partial charge on any atom is 0.134 e. The first-order chi connectivity index (χ1) is 9.21. The number of aliphatic hydroxyl groups is 1. The number of unbranched alkanes of at least 4 members (excludes halogenated alkanes) is 1. The summed E-state index contributed by atoms with van der Waals surface area (Å²) in [7, 11) is 3.76. The van der Waals surface area contributed by atoms with E-state index in [2.05, 4.69) is 36.8 Å². The third-order valence-corrected chi connectivity index (χ3v) is 2.91. The van der Waals surface area contributed by atoms with Crippen LogP contribution in [0.4, 0.5) is 0 Å². The third kappa shape index (κ3) is 5.34. The van der Waals surface area contributed by atoms with Crippen LogP contribution >= 0.6 is 0 Å². The molecule has 1 rings (SSSR count). The first-order valence-corrected chi connectivity index (χ1v) is 6.66. The maximum atomic E-state index is 8.78. The van der Waals surface area contributed by atoms with Crippen LogP contribution in [0.1, 0.15) is 30.9 Å². The monoisotopic (exact) mass is 261 g/mol. The van der Waals surface area contributed by atoms with Gasteiger partial charge in [0, 0.05) is 6.54 Å². The van der Waals surface area contributed by atoms with Crippen molar-refractivity contribution in [2.24, 2.45) is 0 Å². The molecular formula is C16H23NO2. The van der Waals surface area contributed by atoms with E-state index in [9.17, 15) is 0 Å². The number of nitrogens with zero attached hydrogens (tertiary/aromatic N) is 1. The number of aliphatic hydroxyl groups excluding tert-OH is 1. The van der Waals surface area contributed by atoms with E-state index < -0.39 is 0 Å². The van der Waals surface area contributed by atoms with Crippen molar-refractivity contribution in [2.75, 3.05) is 27.3 Å². The lowest BCUT2D eigenvalue weighted by Gasteiger charge is -2.16. The van der Waals surface area contributed by atoms with Crippen molar-refractivity contribution in [3.8, 4) is 17.6 Å². The van der Waals surface area contributed by atoms with Crippen LogP contribution in [0.15, 0.2) is 18.2 Å². The van der Waals surface area contributed by atoms with Crippen molar-refractivity contribution < 1.29 is 9.84 Å². The summed E-state index contributed by atoms with van der Waals surface area (Å²) in [6.07, 6.45) is 2.42. The fourth-order valence-electron chi connectivity index (χ4n) is 1.90. The zero-order valence-corrected chi connectivity index (χ0v) is 12.1. The zero-order valence-electron chi connectivity index (χ0n) is 12.1. The fourth-order valence-corrected chi connectivity index (χ4v) is 1.90. The Morgan fingerprint density at radius 2 is 2.16 bits per heavy atom. The van der Waals surface area contributed by atoms with Gasteiger partial charge in [-0.2, -0.15) is 0 Å². The first kappa shape index (κ1) is 15.6. The van der Waals surface area contributed by atoms with E-state index in [0.29, 0.717) is 0 Å². The highest BCUT2D eigenvalue weighted by molar-refractivity contribution is 5.48. The van der Waals surface area contributed by atoms with Gasteiger partial charge < -0.3 is 14.7 Å². The largest absolute Gasteiger partial charge is 0.495 e. The average molecular weight is 261 g/mol. The average Bonchev–Trinajstić information content (AvgIpc) is 2.43. The number of ether oxygens (including phenoxy) is 1. The molecule has 0 radical (unpaired) electrons. The Balaban J connectivity index is 2.80. The molecule has 0 atom stereocenters. The van der Waals surface area contributed by atoms with Crippen molar-refractivity contribution in [1.82, 2.24) is 4.90 Å². The molecule has 0 saturated heterocycles. The molecule has 0 heterocycles. The molecule has 3 heteroatoms. The molecule has 0 unspecified atom stereocenters. The second kappa shape index (κ2) is 8.58. The Morgan fingerprint density at radius 1 is 1.37 bits per heavy atom. The predicted molar refractivity (Wildman–Crippen MR) is 78.2 cm³/mol. The molecule has 1 aromatic carbocycles. The van der Waals surface area contributed by atoms with E-state index in [0.717, 1.165) is 24.4 Å². The minimum Gasteiger partial charge on any atom is -0.495 e. The van der Waals surface area contributed by atoms with E-state index in [1.807, 2.05) is 12.1 Å². The molecule has 0 aliphatic rings. The smallest absolute Gasteiger partial charge is 0.134 e. The summed E-state index contributed by atoms with van der Waals surface area (Å²) in [5, 5.41) is 8.78. The molecule has 19 heavy (non-hydrogen) atoms. The van der Waals surface area contributed by atoms with Gasteiger partial charge in [0.2, 0.25) is 0 Å². The van der Waals surface area contributed by atoms with Crippen LogP contribution in [-0.4, -0.2) is 37.3 Å². The van der Waals surface area contributed by atoms with Crippen molar-refractivity contribution in [3.63, 3.8) is 0 Å². The molecule has 0 aromatic heterocycles. The van der Waals surface area contributed by atoms with E-state index in [1.165, 1.54) is 18.4 Å².